The van der Waals surface area contributed by atoms with Gasteiger partial charge in [-0.25, -0.2) is 18.2 Å². The van der Waals surface area contributed by atoms with Crippen LogP contribution in [0, 0.1) is 28.9 Å². The maximum absolute atomic E-state index is 13.8. The van der Waals surface area contributed by atoms with E-state index in [9.17, 15) is 24.2 Å². The van der Waals surface area contributed by atoms with Gasteiger partial charge in [0.1, 0.15) is 17.6 Å². The Bertz CT molecular complexity index is 1740. The van der Waals surface area contributed by atoms with Gasteiger partial charge in [-0.3, -0.25) is 4.98 Å². The standard InChI is InChI=1S/C25H15ClF4N8/c26-19-6-16(35-23(13-1-3-15(28)4-2-13)21-11-34-38(12-27)37-21)5-18-22(14(8-31)9-32-24(18)19)36-17-7-20(29)25(30)33-10-17/h1-7,9-11,23,35H,12H2,(H,32,36)/i23D. The summed E-state index contributed by atoms with van der Waals surface area (Å²) in [6.45, 7) is -1.03. The molecule has 8 nitrogen and oxygen atoms in total. The van der Waals surface area contributed by atoms with E-state index in [4.69, 9.17) is 11.6 Å². The first-order valence-electron chi connectivity index (χ1n) is 11.3. The number of hydrogen-bond donors (Lipinski definition) is 2. The lowest BCUT2D eigenvalue weighted by Crippen LogP contribution is -2.14. The SMILES string of the molecule is [2H]C(Nc1cc(Cl)c2ncc(C#N)c(Nc3cnc(F)c(F)c3)c2c1)(c1ccc(F)cc1)c1cnn(CF)n1. The van der Waals surface area contributed by atoms with Crippen molar-refractivity contribution >= 4 is 39.6 Å². The van der Waals surface area contributed by atoms with Crippen molar-refractivity contribution < 1.29 is 18.9 Å². The number of halogens is 5. The summed E-state index contributed by atoms with van der Waals surface area (Å²) in [5.74, 6) is -3.01. The first-order valence-corrected chi connectivity index (χ1v) is 11.2. The quantitative estimate of drug-likeness (QED) is 0.192. The molecule has 0 saturated heterocycles. The molecule has 38 heavy (non-hydrogen) atoms. The molecule has 2 N–H and O–H groups in total. The van der Waals surface area contributed by atoms with E-state index >= 15 is 0 Å². The van der Waals surface area contributed by atoms with Gasteiger partial charge in [0.05, 0.1) is 47.3 Å². The lowest BCUT2D eigenvalue weighted by Gasteiger charge is -2.20. The van der Waals surface area contributed by atoms with Gasteiger partial charge in [-0.2, -0.15) is 24.6 Å². The third-order valence-corrected chi connectivity index (χ3v) is 5.70. The molecule has 1 atom stereocenters. The van der Waals surface area contributed by atoms with Crippen molar-refractivity contribution in [3.8, 4) is 6.07 Å². The van der Waals surface area contributed by atoms with Crippen LogP contribution in [0.4, 0.5) is 34.6 Å². The number of aromatic nitrogens is 5. The van der Waals surface area contributed by atoms with Gasteiger partial charge in [-0.1, -0.05) is 23.7 Å². The van der Waals surface area contributed by atoms with E-state index < -0.39 is 30.4 Å². The minimum absolute atomic E-state index is 0.00177. The maximum atomic E-state index is 13.8. The molecule has 0 radical (unpaired) electrons. The summed E-state index contributed by atoms with van der Waals surface area (Å²) >= 11 is 6.52. The van der Waals surface area contributed by atoms with E-state index in [1.807, 2.05) is 6.07 Å². The normalized spacial score (nSPS) is 13.0. The van der Waals surface area contributed by atoms with E-state index in [2.05, 4.69) is 30.8 Å². The number of benzene rings is 2. The predicted molar refractivity (Wildman–Crippen MR) is 132 cm³/mol. The molecule has 0 bridgehead atoms. The maximum Gasteiger partial charge on any atom is 0.249 e. The molecule has 0 fully saturated rings. The Hall–Kier alpha value is -4.76. The molecule has 5 aromatic rings. The van der Waals surface area contributed by atoms with Crippen LogP contribution in [0.2, 0.25) is 5.02 Å². The Morgan fingerprint density at radius 1 is 1.05 bits per heavy atom. The van der Waals surface area contributed by atoms with Crippen LogP contribution in [0.25, 0.3) is 10.9 Å². The molecule has 0 aliphatic carbocycles. The largest absolute Gasteiger partial charge is 0.373 e. The molecular formula is C25H15ClF4N8. The van der Waals surface area contributed by atoms with Gasteiger partial charge in [-0.15, -0.1) is 0 Å². The summed E-state index contributed by atoms with van der Waals surface area (Å²) in [6.07, 6.45) is 3.51. The molecule has 190 valence electrons. The van der Waals surface area contributed by atoms with Gasteiger partial charge in [0, 0.05) is 23.3 Å². The molecular weight excluding hydrogens is 524 g/mol. The van der Waals surface area contributed by atoms with Crippen molar-refractivity contribution in [2.45, 2.75) is 12.8 Å². The molecule has 5 rings (SSSR count). The minimum Gasteiger partial charge on any atom is -0.373 e. The smallest absolute Gasteiger partial charge is 0.249 e. The molecule has 3 heterocycles. The lowest BCUT2D eigenvalue weighted by atomic mass is 10.0. The summed E-state index contributed by atoms with van der Waals surface area (Å²) in [6, 6.07) is 9.01. The highest BCUT2D eigenvalue weighted by atomic mass is 35.5. The van der Waals surface area contributed by atoms with Gasteiger partial charge in [-0.05, 0) is 29.8 Å². The van der Waals surface area contributed by atoms with Crippen molar-refractivity contribution in [2.24, 2.45) is 0 Å². The fourth-order valence-corrected chi connectivity index (χ4v) is 3.97. The van der Waals surface area contributed by atoms with Gasteiger partial charge in [0.25, 0.3) is 0 Å². The van der Waals surface area contributed by atoms with Gasteiger partial charge < -0.3 is 10.6 Å². The van der Waals surface area contributed by atoms with Crippen LogP contribution in [-0.2, 0) is 6.80 Å². The zero-order chi connectivity index (χ0) is 27.7. The van der Waals surface area contributed by atoms with E-state index in [1.54, 1.807) is 0 Å². The second-order valence-corrected chi connectivity index (χ2v) is 8.27. The third kappa shape index (κ3) is 4.91. The number of nitrogens with zero attached hydrogens (tertiary/aromatic N) is 6. The highest BCUT2D eigenvalue weighted by Gasteiger charge is 2.20. The number of hydrogen-bond acceptors (Lipinski definition) is 7. The van der Waals surface area contributed by atoms with E-state index in [0.717, 1.165) is 29.2 Å². The number of pyridine rings is 2. The van der Waals surface area contributed by atoms with Crippen molar-refractivity contribution in [3.63, 3.8) is 0 Å². The van der Waals surface area contributed by atoms with E-state index in [1.165, 1.54) is 36.7 Å². The molecule has 1 unspecified atom stereocenters. The Morgan fingerprint density at radius 3 is 2.53 bits per heavy atom. The van der Waals surface area contributed by atoms with Gasteiger partial charge in [0.2, 0.25) is 12.7 Å². The molecule has 13 heteroatoms. The second-order valence-electron chi connectivity index (χ2n) is 7.86. The Balaban J connectivity index is 1.65. The molecule has 0 amide bonds. The number of rotatable bonds is 7. The fourth-order valence-electron chi connectivity index (χ4n) is 3.70. The summed E-state index contributed by atoms with van der Waals surface area (Å²) in [5, 5.41) is 23.8. The summed E-state index contributed by atoms with van der Waals surface area (Å²) in [4.78, 5) is 8.33. The molecule has 2 aromatic carbocycles. The highest BCUT2D eigenvalue weighted by Crippen LogP contribution is 2.36. The second kappa shape index (κ2) is 10.3. The molecule has 0 spiro atoms. The van der Waals surface area contributed by atoms with Crippen LogP contribution in [-0.4, -0.2) is 25.0 Å². The van der Waals surface area contributed by atoms with E-state index in [0.29, 0.717) is 5.39 Å². The number of alkyl halides is 1. The Labute approximate surface area is 218 Å². The van der Waals surface area contributed by atoms with Crippen LogP contribution in [0.1, 0.15) is 24.2 Å². The predicted octanol–water partition coefficient (Wildman–Crippen LogP) is 6.04. The van der Waals surface area contributed by atoms with Crippen LogP contribution < -0.4 is 10.6 Å². The Kier molecular flexibility index (Phi) is 6.41. The minimum atomic E-state index is -1.89. The number of anilines is 3. The monoisotopic (exact) mass is 539 g/mol. The van der Waals surface area contributed by atoms with Crippen molar-refractivity contribution in [3.05, 3.63) is 100 Å². The summed E-state index contributed by atoms with van der Waals surface area (Å²) < 4.78 is 63.2. The molecule has 0 saturated carbocycles. The van der Waals surface area contributed by atoms with Crippen LogP contribution in [0.5, 0.6) is 0 Å². The van der Waals surface area contributed by atoms with Crippen molar-refractivity contribution in [2.75, 3.05) is 10.6 Å². The molecule has 3 aromatic heterocycles. The summed E-state index contributed by atoms with van der Waals surface area (Å²) in [5.41, 5.74) is 1.03. The Morgan fingerprint density at radius 2 is 1.84 bits per heavy atom. The molecule has 0 aliphatic rings. The average Bonchev–Trinajstić information content (AvgIpc) is 3.42. The number of fused-ring (bicyclic) bond motifs is 1. The number of nitrogens with one attached hydrogen (secondary N) is 2. The van der Waals surface area contributed by atoms with Crippen molar-refractivity contribution in [1.29, 1.82) is 5.26 Å². The van der Waals surface area contributed by atoms with Crippen LogP contribution >= 0.6 is 11.6 Å². The van der Waals surface area contributed by atoms with E-state index in [-0.39, 0.29) is 44.4 Å². The lowest BCUT2D eigenvalue weighted by molar-refractivity contribution is 0.317. The number of nitriles is 1. The zero-order valence-corrected chi connectivity index (χ0v) is 19.8. The topological polar surface area (TPSA) is 104 Å². The van der Waals surface area contributed by atoms with Crippen LogP contribution in [0.15, 0.2) is 61.1 Å². The summed E-state index contributed by atoms with van der Waals surface area (Å²) in [7, 11) is 0. The van der Waals surface area contributed by atoms with Gasteiger partial charge in [0.15, 0.2) is 5.82 Å². The zero-order valence-electron chi connectivity index (χ0n) is 20.1. The first kappa shape index (κ1) is 23.6. The highest BCUT2D eigenvalue weighted by molar-refractivity contribution is 6.36. The van der Waals surface area contributed by atoms with Crippen molar-refractivity contribution in [1.82, 2.24) is 25.0 Å². The third-order valence-electron chi connectivity index (χ3n) is 5.41. The van der Waals surface area contributed by atoms with Gasteiger partial charge >= 0.3 is 0 Å². The fraction of sp³-hybridized carbons (Fsp3) is 0.0800. The molecule has 0 aliphatic heterocycles. The average molecular weight is 540 g/mol. The van der Waals surface area contributed by atoms with Crippen LogP contribution in [0.3, 0.4) is 0 Å². The first-order chi connectivity index (χ1) is 18.7.